The molecule has 120 valence electrons. The standard InChI is InChI=1S/C14H19BrN4O2S/c15-12-1-2-13(20)11(9-12)10-17-18-14(22)16-3-4-19-5-7-21-8-6-19/h1-2,9-10,20H,3-8H2,(H2,16,18,22). The summed E-state index contributed by atoms with van der Waals surface area (Å²) in [6, 6.07) is 5.14. The van der Waals surface area contributed by atoms with Crippen molar-refractivity contribution in [3.63, 3.8) is 0 Å². The number of hydrogen-bond donors (Lipinski definition) is 3. The zero-order chi connectivity index (χ0) is 15.8. The van der Waals surface area contributed by atoms with Crippen LogP contribution in [0, 0.1) is 0 Å². The number of morpholine rings is 1. The van der Waals surface area contributed by atoms with Gasteiger partial charge in [-0.15, -0.1) is 0 Å². The van der Waals surface area contributed by atoms with Crippen molar-refractivity contribution in [2.45, 2.75) is 0 Å². The number of halogens is 1. The first-order chi connectivity index (χ1) is 10.6. The Hall–Kier alpha value is -1.22. The third-order valence-corrected chi connectivity index (χ3v) is 3.91. The van der Waals surface area contributed by atoms with Gasteiger partial charge < -0.3 is 15.2 Å². The fourth-order valence-corrected chi connectivity index (χ4v) is 2.51. The van der Waals surface area contributed by atoms with Crippen LogP contribution in [0.3, 0.4) is 0 Å². The number of nitrogens with zero attached hydrogens (tertiary/aromatic N) is 2. The lowest BCUT2D eigenvalue weighted by molar-refractivity contribution is 0.0389. The second-order valence-electron chi connectivity index (χ2n) is 4.78. The summed E-state index contributed by atoms with van der Waals surface area (Å²) in [4.78, 5) is 2.32. The molecule has 2 rings (SSSR count). The van der Waals surface area contributed by atoms with Gasteiger partial charge in [0, 0.05) is 36.2 Å². The van der Waals surface area contributed by atoms with Gasteiger partial charge in [-0.25, -0.2) is 0 Å². The number of benzene rings is 1. The van der Waals surface area contributed by atoms with E-state index in [0.717, 1.165) is 43.9 Å². The molecule has 0 amide bonds. The Morgan fingerprint density at radius 2 is 2.23 bits per heavy atom. The molecule has 1 aromatic carbocycles. The van der Waals surface area contributed by atoms with E-state index in [1.165, 1.54) is 6.21 Å². The quantitative estimate of drug-likeness (QED) is 0.402. The summed E-state index contributed by atoms with van der Waals surface area (Å²) in [6.07, 6.45) is 1.52. The third-order valence-electron chi connectivity index (χ3n) is 3.18. The van der Waals surface area contributed by atoms with Crippen molar-refractivity contribution in [2.24, 2.45) is 5.10 Å². The minimum atomic E-state index is 0.167. The molecule has 0 radical (unpaired) electrons. The smallest absolute Gasteiger partial charge is 0.187 e. The number of hydrogen-bond acceptors (Lipinski definition) is 5. The first-order valence-corrected chi connectivity index (χ1v) is 8.21. The fraction of sp³-hybridized carbons (Fsp3) is 0.429. The van der Waals surface area contributed by atoms with Gasteiger partial charge in [0.2, 0.25) is 0 Å². The molecule has 1 saturated heterocycles. The van der Waals surface area contributed by atoms with Gasteiger partial charge in [0.1, 0.15) is 5.75 Å². The Bertz CT molecular complexity index is 536. The predicted octanol–water partition coefficient (Wildman–Crippen LogP) is 1.28. The normalized spacial score (nSPS) is 15.9. The summed E-state index contributed by atoms with van der Waals surface area (Å²) >= 11 is 8.49. The average Bonchev–Trinajstić information content (AvgIpc) is 2.52. The van der Waals surface area contributed by atoms with Crippen molar-refractivity contribution in [3.8, 4) is 5.75 Å². The molecule has 22 heavy (non-hydrogen) atoms. The van der Waals surface area contributed by atoms with Crippen molar-refractivity contribution in [2.75, 3.05) is 39.4 Å². The van der Waals surface area contributed by atoms with E-state index < -0.39 is 0 Å². The molecule has 0 atom stereocenters. The van der Waals surface area contributed by atoms with Gasteiger partial charge in [0.15, 0.2) is 5.11 Å². The molecular weight excluding hydrogens is 368 g/mol. The van der Waals surface area contributed by atoms with Crippen molar-refractivity contribution < 1.29 is 9.84 Å². The van der Waals surface area contributed by atoms with Crippen LogP contribution in [0.4, 0.5) is 0 Å². The lowest BCUT2D eigenvalue weighted by atomic mass is 10.2. The highest BCUT2D eigenvalue weighted by atomic mass is 79.9. The largest absolute Gasteiger partial charge is 0.507 e. The van der Waals surface area contributed by atoms with E-state index in [9.17, 15) is 5.11 Å². The number of phenolic OH excluding ortho intramolecular Hbond substituents is 1. The van der Waals surface area contributed by atoms with E-state index >= 15 is 0 Å². The lowest BCUT2D eigenvalue weighted by Gasteiger charge is -2.26. The molecule has 8 heteroatoms. The number of ether oxygens (including phenoxy) is 1. The first-order valence-electron chi connectivity index (χ1n) is 7.00. The Balaban J connectivity index is 1.68. The molecule has 0 saturated carbocycles. The third kappa shape index (κ3) is 5.88. The molecule has 6 nitrogen and oxygen atoms in total. The topological polar surface area (TPSA) is 69.1 Å². The van der Waals surface area contributed by atoms with Gasteiger partial charge in [-0.05, 0) is 30.4 Å². The predicted molar refractivity (Wildman–Crippen MR) is 94.4 cm³/mol. The minimum absolute atomic E-state index is 0.167. The highest BCUT2D eigenvalue weighted by molar-refractivity contribution is 9.10. The number of thiocarbonyl (C=S) groups is 1. The molecular formula is C14H19BrN4O2S. The minimum Gasteiger partial charge on any atom is -0.507 e. The maximum atomic E-state index is 9.68. The summed E-state index contributed by atoms with van der Waals surface area (Å²) in [5.74, 6) is 0.167. The maximum Gasteiger partial charge on any atom is 0.187 e. The van der Waals surface area contributed by atoms with Crippen LogP contribution in [-0.4, -0.2) is 60.7 Å². The van der Waals surface area contributed by atoms with E-state index in [0.29, 0.717) is 10.7 Å². The van der Waals surface area contributed by atoms with Crippen LogP contribution in [0.15, 0.2) is 27.8 Å². The Kier molecular flexibility index (Phi) is 7.04. The van der Waals surface area contributed by atoms with Crippen LogP contribution < -0.4 is 10.7 Å². The van der Waals surface area contributed by atoms with Crippen molar-refractivity contribution in [3.05, 3.63) is 28.2 Å². The van der Waals surface area contributed by atoms with E-state index in [4.69, 9.17) is 17.0 Å². The molecule has 1 fully saturated rings. The van der Waals surface area contributed by atoms with Crippen LogP contribution in [0.25, 0.3) is 0 Å². The first kappa shape index (κ1) is 17.1. The van der Waals surface area contributed by atoms with E-state index in [1.807, 2.05) is 0 Å². The van der Waals surface area contributed by atoms with E-state index in [-0.39, 0.29) is 5.75 Å². The SMILES string of the molecule is Oc1ccc(Br)cc1C=NNC(=S)NCCN1CCOCC1. The molecule has 1 aliphatic heterocycles. The van der Waals surface area contributed by atoms with Crippen LogP contribution in [0.5, 0.6) is 5.75 Å². The summed E-state index contributed by atoms with van der Waals surface area (Å²) in [7, 11) is 0. The summed E-state index contributed by atoms with van der Waals surface area (Å²) in [6.45, 7) is 5.18. The molecule has 3 N–H and O–H groups in total. The van der Waals surface area contributed by atoms with Crippen LogP contribution in [0.1, 0.15) is 5.56 Å². The zero-order valence-electron chi connectivity index (χ0n) is 12.1. The van der Waals surface area contributed by atoms with Gasteiger partial charge in [-0.1, -0.05) is 15.9 Å². The van der Waals surface area contributed by atoms with Crippen molar-refractivity contribution >= 4 is 39.5 Å². The van der Waals surface area contributed by atoms with E-state index in [2.05, 4.69) is 36.7 Å². The summed E-state index contributed by atoms with van der Waals surface area (Å²) in [5, 5.41) is 17.2. The fourth-order valence-electron chi connectivity index (χ4n) is 1.98. The van der Waals surface area contributed by atoms with Crippen LogP contribution in [-0.2, 0) is 4.74 Å². The van der Waals surface area contributed by atoms with Crippen molar-refractivity contribution in [1.29, 1.82) is 0 Å². The lowest BCUT2D eigenvalue weighted by Crippen LogP contribution is -2.42. The Morgan fingerprint density at radius 1 is 1.45 bits per heavy atom. The summed E-state index contributed by atoms with van der Waals surface area (Å²) in [5.41, 5.74) is 3.34. The number of phenols is 1. The Labute approximate surface area is 143 Å². The maximum absolute atomic E-state index is 9.68. The zero-order valence-corrected chi connectivity index (χ0v) is 14.5. The highest BCUT2D eigenvalue weighted by Crippen LogP contribution is 2.19. The average molecular weight is 387 g/mol. The second kappa shape index (κ2) is 9.04. The molecule has 0 unspecified atom stereocenters. The van der Waals surface area contributed by atoms with Crippen LogP contribution >= 0.6 is 28.1 Å². The second-order valence-corrected chi connectivity index (χ2v) is 6.11. The molecule has 1 heterocycles. The molecule has 0 bridgehead atoms. The number of aromatic hydroxyl groups is 1. The molecule has 0 spiro atoms. The number of rotatable bonds is 5. The van der Waals surface area contributed by atoms with Gasteiger partial charge in [-0.2, -0.15) is 5.10 Å². The molecule has 1 aliphatic rings. The van der Waals surface area contributed by atoms with Gasteiger partial charge in [-0.3, -0.25) is 10.3 Å². The van der Waals surface area contributed by atoms with Crippen molar-refractivity contribution in [1.82, 2.24) is 15.6 Å². The Morgan fingerprint density at radius 3 is 3.00 bits per heavy atom. The van der Waals surface area contributed by atoms with Crippen LogP contribution in [0.2, 0.25) is 0 Å². The molecule has 0 aliphatic carbocycles. The van der Waals surface area contributed by atoms with Gasteiger partial charge >= 0.3 is 0 Å². The molecule has 1 aromatic rings. The number of hydrazone groups is 1. The number of nitrogens with one attached hydrogen (secondary N) is 2. The monoisotopic (exact) mass is 386 g/mol. The van der Waals surface area contributed by atoms with E-state index in [1.54, 1.807) is 18.2 Å². The molecule has 0 aromatic heterocycles. The highest BCUT2D eigenvalue weighted by Gasteiger charge is 2.09. The summed E-state index contributed by atoms with van der Waals surface area (Å²) < 4.78 is 6.17. The van der Waals surface area contributed by atoms with Gasteiger partial charge in [0.05, 0.1) is 19.4 Å². The van der Waals surface area contributed by atoms with Gasteiger partial charge in [0.25, 0.3) is 0 Å².